The van der Waals surface area contributed by atoms with Crippen molar-refractivity contribution in [3.05, 3.63) is 70.2 Å². The third-order valence-corrected chi connectivity index (χ3v) is 6.82. The lowest BCUT2D eigenvalue weighted by molar-refractivity contribution is 0.102. The molecule has 9 heteroatoms. The molecule has 0 aliphatic heterocycles. The molecule has 3 aromatic rings. The molecule has 2 aromatic heterocycles. The minimum atomic E-state index is -3.77. The first-order valence-corrected chi connectivity index (χ1v) is 11.9. The SMILES string of the molecule is Cc1cc(C)c(C#N)c(SCC(=O)c2cc(C)n(-c3ccc(S(N)(=O)=O)cc3)c2C)n1. The van der Waals surface area contributed by atoms with Crippen LogP contribution in [-0.4, -0.2) is 29.5 Å². The Morgan fingerprint density at radius 3 is 2.39 bits per heavy atom. The summed E-state index contributed by atoms with van der Waals surface area (Å²) in [6.45, 7) is 7.43. The molecule has 0 atom stereocenters. The van der Waals surface area contributed by atoms with Gasteiger partial charge in [-0.25, -0.2) is 18.5 Å². The molecule has 7 nitrogen and oxygen atoms in total. The molecule has 0 aliphatic rings. The van der Waals surface area contributed by atoms with E-state index in [4.69, 9.17) is 5.14 Å². The van der Waals surface area contributed by atoms with Gasteiger partial charge in [0.1, 0.15) is 11.1 Å². The van der Waals surface area contributed by atoms with E-state index in [1.807, 2.05) is 44.4 Å². The fourth-order valence-electron chi connectivity index (χ4n) is 3.48. The van der Waals surface area contributed by atoms with Crippen molar-refractivity contribution in [1.29, 1.82) is 5.26 Å². The molecule has 0 fully saturated rings. The van der Waals surface area contributed by atoms with Crippen molar-refractivity contribution < 1.29 is 13.2 Å². The largest absolute Gasteiger partial charge is 0.318 e. The number of aromatic nitrogens is 2. The number of rotatable bonds is 6. The number of nitrogens with zero attached hydrogens (tertiary/aromatic N) is 3. The zero-order valence-electron chi connectivity index (χ0n) is 17.6. The third-order valence-electron chi connectivity index (χ3n) is 4.92. The minimum absolute atomic E-state index is 0.0284. The Balaban J connectivity index is 1.87. The van der Waals surface area contributed by atoms with Crippen molar-refractivity contribution in [2.75, 3.05) is 5.75 Å². The smallest absolute Gasteiger partial charge is 0.238 e. The van der Waals surface area contributed by atoms with Crippen LogP contribution in [0, 0.1) is 39.0 Å². The summed E-state index contributed by atoms with van der Waals surface area (Å²) in [5, 5.41) is 15.1. The first-order chi connectivity index (χ1) is 14.5. The Labute approximate surface area is 186 Å². The van der Waals surface area contributed by atoms with Crippen LogP contribution in [-0.2, 0) is 10.0 Å². The summed E-state index contributed by atoms with van der Waals surface area (Å²) in [5.41, 5.74) is 5.03. The molecule has 1 aromatic carbocycles. The number of thioether (sulfide) groups is 1. The number of hydrogen-bond donors (Lipinski definition) is 1. The standard InChI is InChI=1S/C22H22N4O3S2/c1-13-9-14(2)25-22(20(13)11-23)30-12-21(27)19-10-15(3)26(16(19)4)17-5-7-18(8-6-17)31(24,28)29/h5-10H,12H2,1-4H3,(H2,24,28,29). The van der Waals surface area contributed by atoms with Crippen molar-refractivity contribution in [3.63, 3.8) is 0 Å². The molecular formula is C22H22N4O3S2. The Hall–Kier alpha value is -2.93. The van der Waals surface area contributed by atoms with Gasteiger partial charge < -0.3 is 4.57 Å². The molecule has 0 aliphatic carbocycles. The lowest BCUT2D eigenvalue weighted by atomic mass is 10.1. The first-order valence-electron chi connectivity index (χ1n) is 9.39. The Bertz CT molecular complexity index is 1320. The number of carbonyl (C=O) groups excluding carboxylic acids is 1. The summed E-state index contributed by atoms with van der Waals surface area (Å²) in [4.78, 5) is 17.4. The molecule has 0 spiro atoms. The van der Waals surface area contributed by atoms with Crippen LogP contribution in [0.5, 0.6) is 0 Å². The van der Waals surface area contributed by atoms with Gasteiger partial charge in [0.25, 0.3) is 0 Å². The molecule has 2 N–H and O–H groups in total. The highest BCUT2D eigenvalue weighted by molar-refractivity contribution is 8.00. The summed E-state index contributed by atoms with van der Waals surface area (Å²) in [6.07, 6.45) is 0. The topological polar surface area (TPSA) is 119 Å². The van der Waals surface area contributed by atoms with Crippen molar-refractivity contribution >= 4 is 27.6 Å². The molecule has 0 amide bonds. The third kappa shape index (κ3) is 4.71. The molecule has 0 saturated carbocycles. The van der Waals surface area contributed by atoms with Crippen LogP contribution in [0.4, 0.5) is 0 Å². The first kappa shape index (κ1) is 22.7. The predicted octanol–water partition coefficient (Wildman–Crippen LogP) is 3.60. The van der Waals surface area contributed by atoms with Crippen molar-refractivity contribution in [2.45, 2.75) is 37.6 Å². The summed E-state index contributed by atoms with van der Waals surface area (Å²) in [7, 11) is -3.77. The fourth-order valence-corrected chi connectivity index (χ4v) is 4.98. The molecular weight excluding hydrogens is 432 g/mol. The second kappa shape index (κ2) is 8.67. The molecule has 0 unspecified atom stereocenters. The average molecular weight is 455 g/mol. The highest BCUT2D eigenvalue weighted by Gasteiger charge is 2.19. The molecule has 2 heterocycles. The second-order valence-corrected chi connectivity index (χ2v) is 9.77. The Morgan fingerprint density at radius 2 is 1.81 bits per heavy atom. The van der Waals surface area contributed by atoms with Gasteiger partial charge >= 0.3 is 0 Å². The normalized spacial score (nSPS) is 11.4. The fraction of sp³-hybridized carbons (Fsp3) is 0.227. The highest BCUT2D eigenvalue weighted by Crippen LogP contribution is 2.27. The van der Waals surface area contributed by atoms with Gasteiger partial charge in [0.2, 0.25) is 10.0 Å². The van der Waals surface area contributed by atoms with Crippen molar-refractivity contribution in [2.24, 2.45) is 5.14 Å². The number of nitriles is 1. The maximum absolute atomic E-state index is 13.0. The maximum atomic E-state index is 13.0. The van der Waals surface area contributed by atoms with Crippen LogP contribution in [0.15, 0.2) is 46.3 Å². The van der Waals surface area contributed by atoms with Crippen molar-refractivity contribution in [3.8, 4) is 11.8 Å². The molecule has 160 valence electrons. The van der Waals surface area contributed by atoms with Crippen molar-refractivity contribution in [1.82, 2.24) is 9.55 Å². The summed E-state index contributed by atoms with van der Waals surface area (Å²) in [5.74, 6) is 0.0783. The number of ketones is 1. The van der Waals surface area contributed by atoms with Gasteiger partial charge in [-0.3, -0.25) is 4.79 Å². The minimum Gasteiger partial charge on any atom is -0.318 e. The van der Waals surface area contributed by atoms with E-state index in [-0.39, 0.29) is 16.4 Å². The van der Waals surface area contributed by atoms with Crippen LogP contribution < -0.4 is 5.14 Å². The molecule has 0 bridgehead atoms. The van der Waals surface area contributed by atoms with Gasteiger partial charge in [-0.2, -0.15) is 5.26 Å². The van der Waals surface area contributed by atoms with Crippen LogP contribution >= 0.6 is 11.8 Å². The number of primary sulfonamides is 1. The van der Waals surface area contributed by atoms with E-state index in [0.29, 0.717) is 16.2 Å². The molecule has 0 radical (unpaired) electrons. The number of sulfonamides is 1. The van der Waals surface area contributed by atoms with Gasteiger partial charge in [0.15, 0.2) is 5.78 Å². The Kier molecular flexibility index (Phi) is 6.36. The van der Waals surface area contributed by atoms with Gasteiger partial charge in [-0.05, 0) is 69.7 Å². The number of Topliss-reactive ketones (excluding diaryl/α,β-unsaturated/α-hetero) is 1. The molecule has 0 saturated heterocycles. The summed E-state index contributed by atoms with van der Waals surface area (Å²) in [6, 6.07) is 12.0. The van der Waals surface area contributed by atoms with E-state index in [1.165, 1.54) is 23.9 Å². The van der Waals surface area contributed by atoms with Gasteiger partial charge in [-0.1, -0.05) is 11.8 Å². The number of hydrogen-bond acceptors (Lipinski definition) is 6. The van der Waals surface area contributed by atoms with E-state index in [9.17, 15) is 18.5 Å². The van der Waals surface area contributed by atoms with Crippen LogP contribution in [0.25, 0.3) is 5.69 Å². The van der Waals surface area contributed by atoms with E-state index in [0.717, 1.165) is 28.3 Å². The van der Waals surface area contributed by atoms with Crippen LogP contribution in [0.2, 0.25) is 0 Å². The number of aryl methyl sites for hydroxylation is 3. The van der Waals surface area contributed by atoms with Crippen LogP contribution in [0.3, 0.4) is 0 Å². The lowest BCUT2D eigenvalue weighted by Crippen LogP contribution is -2.12. The van der Waals surface area contributed by atoms with Gasteiger partial charge in [0.05, 0.1) is 16.2 Å². The number of nitrogens with two attached hydrogens (primary N) is 1. The van der Waals surface area contributed by atoms with Crippen LogP contribution in [0.1, 0.15) is 38.6 Å². The van der Waals surface area contributed by atoms with E-state index < -0.39 is 10.0 Å². The monoisotopic (exact) mass is 454 g/mol. The second-order valence-electron chi connectivity index (χ2n) is 7.24. The zero-order valence-corrected chi connectivity index (χ0v) is 19.3. The quantitative estimate of drug-likeness (QED) is 0.449. The van der Waals surface area contributed by atoms with E-state index in [1.54, 1.807) is 12.1 Å². The van der Waals surface area contributed by atoms with Gasteiger partial charge in [0, 0.05) is 28.3 Å². The van der Waals surface area contributed by atoms with E-state index in [2.05, 4.69) is 11.1 Å². The summed E-state index contributed by atoms with van der Waals surface area (Å²) < 4.78 is 24.9. The number of benzene rings is 1. The number of carbonyl (C=O) groups is 1. The summed E-state index contributed by atoms with van der Waals surface area (Å²) >= 11 is 1.25. The zero-order chi connectivity index (χ0) is 22.9. The highest BCUT2D eigenvalue weighted by atomic mass is 32.2. The maximum Gasteiger partial charge on any atom is 0.238 e. The van der Waals surface area contributed by atoms with Gasteiger partial charge in [-0.15, -0.1) is 0 Å². The molecule has 31 heavy (non-hydrogen) atoms. The Morgan fingerprint density at radius 1 is 1.16 bits per heavy atom. The predicted molar refractivity (Wildman–Crippen MR) is 120 cm³/mol. The average Bonchev–Trinajstić information content (AvgIpc) is 2.99. The number of pyridine rings is 1. The molecule has 3 rings (SSSR count). The van der Waals surface area contributed by atoms with E-state index >= 15 is 0 Å². The lowest BCUT2D eigenvalue weighted by Gasteiger charge is -2.11.